The van der Waals surface area contributed by atoms with Crippen LogP contribution in [0, 0.1) is 0 Å². The Morgan fingerprint density at radius 1 is 1.29 bits per heavy atom. The van der Waals surface area contributed by atoms with Gasteiger partial charge in [-0.05, 0) is 31.0 Å². The second-order valence-corrected chi connectivity index (χ2v) is 6.02. The summed E-state index contributed by atoms with van der Waals surface area (Å²) in [5, 5.41) is 4.31. The van der Waals surface area contributed by atoms with Crippen molar-refractivity contribution < 1.29 is 4.79 Å². The summed E-state index contributed by atoms with van der Waals surface area (Å²) in [7, 11) is 0. The van der Waals surface area contributed by atoms with Gasteiger partial charge in [-0.3, -0.25) is 14.4 Å². The minimum atomic E-state index is -0.423. The molecule has 0 aliphatic carbocycles. The third kappa shape index (κ3) is 3.73. The molecule has 3 heterocycles. The zero-order valence-corrected chi connectivity index (χ0v) is 14.1. The van der Waals surface area contributed by atoms with E-state index in [9.17, 15) is 4.79 Å². The Morgan fingerprint density at radius 3 is 2.75 bits per heavy atom. The molecule has 7 nitrogen and oxygen atoms in total. The van der Waals surface area contributed by atoms with E-state index in [4.69, 9.17) is 5.73 Å². The maximum atomic E-state index is 11.6. The third-order valence-electron chi connectivity index (χ3n) is 4.45. The Labute approximate surface area is 142 Å². The molecule has 1 fully saturated rings. The van der Waals surface area contributed by atoms with E-state index in [0.29, 0.717) is 11.4 Å². The molecule has 2 N–H and O–H groups in total. The van der Waals surface area contributed by atoms with E-state index < -0.39 is 5.91 Å². The summed E-state index contributed by atoms with van der Waals surface area (Å²) in [6, 6.07) is 3.48. The lowest BCUT2D eigenvalue weighted by atomic mass is 10.2. The first kappa shape index (κ1) is 16.4. The molecule has 0 spiro atoms. The molecule has 1 aliphatic rings. The standard InChI is InChI=1S/C17H24N6O/c1-2-23-13-14(12-20-23)5-7-21-8-10-22(11-9-21)17-15(16(18)24)4-3-6-19-17/h3-4,6,12-13H,2,5,7-11H2,1H3,(H2,18,24). The average Bonchev–Trinajstić information content (AvgIpc) is 3.08. The molecule has 1 amide bonds. The van der Waals surface area contributed by atoms with E-state index in [2.05, 4.69) is 33.0 Å². The normalized spacial score (nSPS) is 15.6. The van der Waals surface area contributed by atoms with Gasteiger partial charge in [0.25, 0.3) is 5.91 Å². The van der Waals surface area contributed by atoms with Crippen molar-refractivity contribution in [3.8, 4) is 0 Å². The van der Waals surface area contributed by atoms with Gasteiger partial charge in [-0.1, -0.05) is 0 Å². The fourth-order valence-electron chi connectivity index (χ4n) is 3.02. The molecule has 1 aliphatic heterocycles. The lowest BCUT2D eigenvalue weighted by Gasteiger charge is -2.35. The number of hydrogen-bond acceptors (Lipinski definition) is 5. The van der Waals surface area contributed by atoms with E-state index in [1.807, 2.05) is 10.9 Å². The number of nitrogens with two attached hydrogens (primary N) is 1. The van der Waals surface area contributed by atoms with Crippen molar-refractivity contribution in [2.75, 3.05) is 37.6 Å². The van der Waals surface area contributed by atoms with Crippen LogP contribution in [0.1, 0.15) is 22.8 Å². The van der Waals surface area contributed by atoms with Gasteiger partial charge in [0.1, 0.15) is 5.82 Å². The first-order valence-corrected chi connectivity index (χ1v) is 8.41. The maximum Gasteiger partial charge on any atom is 0.252 e. The predicted octanol–water partition coefficient (Wildman–Crippen LogP) is 0.762. The highest BCUT2D eigenvalue weighted by molar-refractivity contribution is 5.97. The van der Waals surface area contributed by atoms with Gasteiger partial charge in [0.15, 0.2) is 0 Å². The van der Waals surface area contributed by atoms with Crippen LogP contribution in [0.25, 0.3) is 0 Å². The SMILES string of the molecule is CCn1cc(CCN2CCN(c3ncccc3C(N)=O)CC2)cn1. The van der Waals surface area contributed by atoms with Crippen LogP contribution in [-0.4, -0.2) is 58.3 Å². The fraction of sp³-hybridized carbons (Fsp3) is 0.471. The van der Waals surface area contributed by atoms with E-state index in [1.165, 1.54) is 5.56 Å². The minimum absolute atomic E-state index is 0.423. The molecule has 0 bridgehead atoms. The number of amides is 1. The predicted molar refractivity (Wildman–Crippen MR) is 93.0 cm³/mol. The molecule has 0 saturated carbocycles. The second kappa shape index (κ2) is 7.44. The molecule has 7 heteroatoms. The zero-order valence-electron chi connectivity index (χ0n) is 14.1. The third-order valence-corrected chi connectivity index (χ3v) is 4.45. The van der Waals surface area contributed by atoms with Crippen LogP contribution in [0.4, 0.5) is 5.82 Å². The molecule has 128 valence electrons. The number of hydrogen-bond donors (Lipinski definition) is 1. The van der Waals surface area contributed by atoms with E-state index in [-0.39, 0.29) is 0 Å². The van der Waals surface area contributed by atoms with Crippen LogP contribution >= 0.6 is 0 Å². The average molecular weight is 328 g/mol. The van der Waals surface area contributed by atoms with Crippen LogP contribution < -0.4 is 10.6 Å². The first-order valence-electron chi connectivity index (χ1n) is 8.41. The summed E-state index contributed by atoms with van der Waals surface area (Å²) in [6.07, 6.45) is 6.78. The Kier molecular flexibility index (Phi) is 5.10. The molecule has 0 unspecified atom stereocenters. The van der Waals surface area contributed by atoms with Crippen molar-refractivity contribution in [1.29, 1.82) is 0 Å². The summed E-state index contributed by atoms with van der Waals surface area (Å²) >= 11 is 0. The van der Waals surface area contributed by atoms with Crippen molar-refractivity contribution >= 4 is 11.7 Å². The number of pyridine rings is 1. The van der Waals surface area contributed by atoms with Crippen molar-refractivity contribution in [3.63, 3.8) is 0 Å². The lowest BCUT2D eigenvalue weighted by molar-refractivity contribution is 0.1000. The zero-order chi connectivity index (χ0) is 16.9. The molecular weight excluding hydrogens is 304 g/mol. The molecular formula is C17H24N6O. The van der Waals surface area contributed by atoms with Gasteiger partial charge in [-0.25, -0.2) is 4.98 Å². The molecule has 0 atom stereocenters. The Bertz CT molecular complexity index is 690. The van der Waals surface area contributed by atoms with Gasteiger partial charge in [0.2, 0.25) is 0 Å². The van der Waals surface area contributed by atoms with Gasteiger partial charge < -0.3 is 10.6 Å². The van der Waals surface area contributed by atoms with E-state index >= 15 is 0 Å². The summed E-state index contributed by atoms with van der Waals surface area (Å²) < 4.78 is 1.96. The monoisotopic (exact) mass is 328 g/mol. The van der Waals surface area contributed by atoms with E-state index in [1.54, 1.807) is 18.3 Å². The number of primary amides is 1. The number of rotatable bonds is 6. The Hall–Kier alpha value is -2.41. The van der Waals surface area contributed by atoms with Gasteiger partial charge in [0, 0.05) is 51.7 Å². The molecule has 0 radical (unpaired) electrons. The molecule has 0 aromatic carbocycles. The number of carbonyl (C=O) groups excluding carboxylic acids is 1. The highest BCUT2D eigenvalue weighted by atomic mass is 16.1. The van der Waals surface area contributed by atoms with Crippen LogP contribution in [-0.2, 0) is 13.0 Å². The van der Waals surface area contributed by atoms with Crippen LogP contribution in [0.5, 0.6) is 0 Å². The maximum absolute atomic E-state index is 11.6. The highest BCUT2D eigenvalue weighted by Crippen LogP contribution is 2.18. The van der Waals surface area contributed by atoms with Gasteiger partial charge in [-0.2, -0.15) is 5.10 Å². The Morgan fingerprint density at radius 2 is 2.08 bits per heavy atom. The number of piperazine rings is 1. The van der Waals surface area contributed by atoms with E-state index in [0.717, 1.165) is 45.7 Å². The minimum Gasteiger partial charge on any atom is -0.365 e. The molecule has 2 aromatic heterocycles. The smallest absolute Gasteiger partial charge is 0.252 e. The quantitative estimate of drug-likeness (QED) is 0.847. The Balaban J connectivity index is 1.53. The number of aryl methyl sites for hydroxylation is 1. The van der Waals surface area contributed by atoms with Crippen molar-refractivity contribution in [2.24, 2.45) is 5.73 Å². The number of carbonyl (C=O) groups is 1. The van der Waals surface area contributed by atoms with Crippen LogP contribution in [0.3, 0.4) is 0 Å². The summed E-state index contributed by atoms with van der Waals surface area (Å²) in [5.41, 5.74) is 7.23. The topological polar surface area (TPSA) is 80.3 Å². The molecule has 1 saturated heterocycles. The number of nitrogens with zero attached hydrogens (tertiary/aromatic N) is 5. The summed E-state index contributed by atoms with van der Waals surface area (Å²) in [5.74, 6) is 0.280. The molecule has 2 aromatic rings. The molecule has 3 rings (SSSR count). The lowest BCUT2D eigenvalue weighted by Crippen LogP contribution is -2.47. The van der Waals surface area contributed by atoms with Crippen molar-refractivity contribution in [2.45, 2.75) is 19.9 Å². The fourth-order valence-corrected chi connectivity index (χ4v) is 3.02. The summed E-state index contributed by atoms with van der Waals surface area (Å²) in [6.45, 7) is 7.64. The van der Waals surface area contributed by atoms with Gasteiger partial charge in [-0.15, -0.1) is 0 Å². The van der Waals surface area contributed by atoms with Crippen LogP contribution in [0.15, 0.2) is 30.7 Å². The highest BCUT2D eigenvalue weighted by Gasteiger charge is 2.21. The molecule has 24 heavy (non-hydrogen) atoms. The number of anilines is 1. The van der Waals surface area contributed by atoms with Crippen molar-refractivity contribution in [3.05, 3.63) is 41.9 Å². The van der Waals surface area contributed by atoms with Crippen LogP contribution in [0.2, 0.25) is 0 Å². The largest absolute Gasteiger partial charge is 0.365 e. The summed E-state index contributed by atoms with van der Waals surface area (Å²) in [4.78, 5) is 20.5. The number of aromatic nitrogens is 3. The second-order valence-electron chi connectivity index (χ2n) is 6.02. The first-order chi connectivity index (χ1) is 11.7. The van der Waals surface area contributed by atoms with Gasteiger partial charge >= 0.3 is 0 Å². The van der Waals surface area contributed by atoms with Crippen molar-refractivity contribution in [1.82, 2.24) is 19.7 Å². The van der Waals surface area contributed by atoms with Gasteiger partial charge in [0.05, 0.1) is 11.8 Å².